The molecule has 3 aromatic carbocycles. The number of anilines is 1. The lowest BCUT2D eigenvalue weighted by atomic mass is 9.94. The summed E-state index contributed by atoms with van der Waals surface area (Å²) in [5, 5.41) is 21.3. The predicted molar refractivity (Wildman–Crippen MR) is 184 cm³/mol. The van der Waals surface area contributed by atoms with E-state index >= 15 is 0 Å². The summed E-state index contributed by atoms with van der Waals surface area (Å²) in [4.78, 5) is 29.0. The van der Waals surface area contributed by atoms with E-state index < -0.39 is 17.7 Å². The molecule has 1 N–H and O–H groups in total. The van der Waals surface area contributed by atoms with Crippen molar-refractivity contribution < 1.29 is 28.9 Å². The van der Waals surface area contributed by atoms with E-state index in [1.807, 2.05) is 44.2 Å². The highest BCUT2D eigenvalue weighted by Crippen LogP contribution is 2.46. The van der Waals surface area contributed by atoms with Gasteiger partial charge in [-0.15, -0.1) is 10.2 Å². The Kier molecular flexibility index (Phi) is 10.0. The van der Waals surface area contributed by atoms with Gasteiger partial charge in [0.1, 0.15) is 17.6 Å². The van der Waals surface area contributed by atoms with E-state index in [1.54, 1.807) is 30.3 Å². The lowest BCUT2D eigenvalue weighted by molar-refractivity contribution is -0.132. The van der Waals surface area contributed by atoms with Crippen LogP contribution >= 0.6 is 34.7 Å². The standard InChI is InChI=1S/C35H34ClN3O6S2/c1-4-6-15-44-27-14-9-22(18-28(27)43-5-2)30-29(31(40)23-10-13-26-24(17-23)16-20(3)45-26)32(41)33(42)39(30)34-37-38-35(47-34)46-19-21-7-11-25(36)12-8-21/h7-14,17-18,20,30,40H,4-6,15-16,19H2,1-3H3/t20-,30+/m1/s1. The summed E-state index contributed by atoms with van der Waals surface area (Å²) in [6.07, 6.45) is 2.54. The number of thioether (sulfide) groups is 1. The molecule has 244 valence electrons. The maximum Gasteiger partial charge on any atom is 0.301 e. The zero-order chi connectivity index (χ0) is 33.1. The molecular formula is C35H34ClN3O6S2. The van der Waals surface area contributed by atoms with Gasteiger partial charge in [-0.3, -0.25) is 14.5 Å². The molecule has 0 spiro atoms. The number of aliphatic hydroxyl groups excluding tert-OH is 1. The third-order valence-electron chi connectivity index (χ3n) is 7.83. The van der Waals surface area contributed by atoms with Crippen molar-refractivity contribution in [2.24, 2.45) is 0 Å². The lowest BCUT2D eigenvalue weighted by Crippen LogP contribution is -2.29. The molecule has 47 heavy (non-hydrogen) atoms. The molecule has 2 atom stereocenters. The number of carbonyl (C=O) groups excluding carboxylic acids is 2. The second-order valence-electron chi connectivity index (χ2n) is 11.2. The van der Waals surface area contributed by atoms with Gasteiger partial charge in [0.05, 0.1) is 24.8 Å². The first-order valence-electron chi connectivity index (χ1n) is 15.5. The van der Waals surface area contributed by atoms with Crippen LogP contribution in [0.15, 0.2) is 70.6 Å². The number of halogens is 1. The molecule has 2 aliphatic heterocycles. The molecular weight excluding hydrogens is 658 g/mol. The van der Waals surface area contributed by atoms with Gasteiger partial charge in [-0.25, -0.2) is 0 Å². The summed E-state index contributed by atoms with van der Waals surface area (Å²) >= 11 is 8.70. The highest BCUT2D eigenvalue weighted by atomic mass is 35.5. The fraction of sp³-hybridized carbons (Fsp3) is 0.314. The summed E-state index contributed by atoms with van der Waals surface area (Å²) < 4.78 is 18.4. The van der Waals surface area contributed by atoms with Crippen molar-refractivity contribution in [1.82, 2.24) is 10.2 Å². The Morgan fingerprint density at radius 2 is 1.87 bits per heavy atom. The molecule has 9 nitrogen and oxygen atoms in total. The lowest BCUT2D eigenvalue weighted by Gasteiger charge is -2.23. The highest BCUT2D eigenvalue weighted by molar-refractivity contribution is 8.00. The number of rotatable bonds is 12. The fourth-order valence-electron chi connectivity index (χ4n) is 5.56. The van der Waals surface area contributed by atoms with Gasteiger partial charge in [-0.1, -0.05) is 66.2 Å². The largest absolute Gasteiger partial charge is 0.507 e. The van der Waals surface area contributed by atoms with Gasteiger partial charge in [-0.2, -0.15) is 0 Å². The van der Waals surface area contributed by atoms with Crippen LogP contribution in [0.2, 0.25) is 5.02 Å². The number of fused-ring (bicyclic) bond motifs is 1. The summed E-state index contributed by atoms with van der Waals surface area (Å²) in [7, 11) is 0. The summed E-state index contributed by atoms with van der Waals surface area (Å²) in [5.41, 5.74) is 2.90. The zero-order valence-electron chi connectivity index (χ0n) is 26.2. The van der Waals surface area contributed by atoms with E-state index in [0.29, 0.717) is 57.4 Å². The van der Waals surface area contributed by atoms with Gasteiger partial charge in [0.25, 0.3) is 5.78 Å². The van der Waals surface area contributed by atoms with Crippen LogP contribution < -0.4 is 19.1 Å². The highest BCUT2D eigenvalue weighted by Gasteiger charge is 2.48. The number of Topliss-reactive ketones (excluding diaryl/α,β-unsaturated/α-hetero) is 1. The molecule has 4 aromatic rings. The number of aliphatic hydroxyl groups is 1. The average molecular weight is 692 g/mol. The van der Waals surface area contributed by atoms with Gasteiger partial charge in [0.15, 0.2) is 15.8 Å². The number of hydrogen-bond acceptors (Lipinski definition) is 10. The van der Waals surface area contributed by atoms with E-state index in [9.17, 15) is 14.7 Å². The fourth-order valence-corrected chi connectivity index (χ4v) is 7.51. The Balaban J connectivity index is 1.41. The number of benzene rings is 3. The van der Waals surface area contributed by atoms with Crippen LogP contribution in [0, 0.1) is 0 Å². The van der Waals surface area contributed by atoms with E-state index in [1.165, 1.54) is 28.0 Å². The molecule has 12 heteroatoms. The van der Waals surface area contributed by atoms with E-state index in [0.717, 1.165) is 29.7 Å². The van der Waals surface area contributed by atoms with Crippen molar-refractivity contribution in [2.75, 3.05) is 18.1 Å². The SMILES string of the molecule is CCCCOc1ccc([C@H]2C(=C(O)c3ccc4c(c3)C[C@@H](C)O4)C(=O)C(=O)N2c2nnc(SCc3ccc(Cl)cc3)s2)cc1OCC. The maximum absolute atomic E-state index is 13.8. The number of carbonyl (C=O) groups is 2. The Bertz CT molecular complexity index is 1830. The number of hydrogen-bond donors (Lipinski definition) is 1. The van der Waals surface area contributed by atoms with Crippen molar-refractivity contribution in [3.63, 3.8) is 0 Å². The first-order chi connectivity index (χ1) is 22.8. The van der Waals surface area contributed by atoms with Crippen LogP contribution in [0.3, 0.4) is 0 Å². The van der Waals surface area contributed by atoms with Crippen LogP contribution in [0.25, 0.3) is 5.76 Å². The van der Waals surface area contributed by atoms with Crippen LogP contribution in [-0.4, -0.2) is 46.3 Å². The smallest absolute Gasteiger partial charge is 0.301 e. The number of aromatic nitrogens is 2. The third kappa shape index (κ3) is 6.97. The first kappa shape index (κ1) is 32.9. The molecule has 6 rings (SSSR count). The zero-order valence-corrected chi connectivity index (χ0v) is 28.6. The molecule has 1 fully saturated rings. The van der Waals surface area contributed by atoms with Crippen LogP contribution in [0.4, 0.5) is 5.13 Å². The molecule has 1 amide bonds. The van der Waals surface area contributed by atoms with Crippen molar-refractivity contribution in [3.05, 3.63) is 93.5 Å². The topological polar surface area (TPSA) is 111 Å². The van der Waals surface area contributed by atoms with Crippen LogP contribution in [0.5, 0.6) is 17.2 Å². The Hall–Kier alpha value is -4.06. The van der Waals surface area contributed by atoms with Crippen LogP contribution in [0.1, 0.15) is 61.9 Å². The molecule has 2 aliphatic rings. The minimum Gasteiger partial charge on any atom is -0.507 e. The van der Waals surface area contributed by atoms with Crippen molar-refractivity contribution in [2.45, 2.75) is 62.3 Å². The molecule has 1 aromatic heterocycles. The quantitative estimate of drug-likeness (QED) is 0.0394. The van der Waals surface area contributed by atoms with Crippen molar-refractivity contribution in [1.29, 1.82) is 0 Å². The molecule has 0 aliphatic carbocycles. The number of ketones is 1. The van der Waals surface area contributed by atoms with Gasteiger partial charge >= 0.3 is 5.91 Å². The molecule has 3 heterocycles. The van der Waals surface area contributed by atoms with E-state index in [-0.39, 0.29) is 22.6 Å². The first-order valence-corrected chi connectivity index (χ1v) is 17.7. The molecule has 0 radical (unpaired) electrons. The summed E-state index contributed by atoms with van der Waals surface area (Å²) in [5.74, 6) is 0.499. The summed E-state index contributed by atoms with van der Waals surface area (Å²) in [6.45, 7) is 6.84. The average Bonchev–Trinajstić information content (AvgIpc) is 3.76. The predicted octanol–water partition coefficient (Wildman–Crippen LogP) is 8.01. The number of nitrogens with zero attached hydrogens (tertiary/aromatic N) is 3. The molecule has 1 saturated heterocycles. The molecule has 0 unspecified atom stereocenters. The molecule has 0 bridgehead atoms. The Morgan fingerprint density at radius 1 is 1.06 bits per heavy atom. The van der Waals surface area contributed by atoms with Crippen LogP contribution in [-0.2, 0) is 21.8 Å². The maximum atomic E-state index is 13.8. The van der Waals surface area contributed by atoms with Gasteiger partial charge in [-0.05, 0) is 79.4 Å². The second kappa shape index (κ2) is 14.4. The van der Waals surface area contributed by atoms with Gasteiger partial charge in [0, 0.05) is 22.8 Å². The number of unbranched alkanes of at least 4 members (excludes halogenated alkanes) is 1. The van der Waals surface area contributed by atoms with Crippen molar-refractivity contribution in [3.8, 4) is 17.2 Å². The van der Waals surface area contributed by atoms with E-state index in [4.69, 9.17) is 25.8 Å². The summed E-state index contributed by atoms with van der Waals surface area (Å²) in [6, 6.07) is 17.1. The molecule has 0 saturated carbocycles. The Labute approximate surface area is 286 Å². The minimum atomic E-state index is -0.996. The normalized spacial score (nSPS) is 18.3. The minimum absolute atomic E-state index is 0.00665. The van der Waals surface area contributed by atoms with Gasteiger partial charge in [0.2, 0.25) is 5.13 Å². The third-order valence-corrected chi connectivity index (χ3v) is 10.2. The number of ether oxygens (including phenoxy) is 3. The Morgan fingerprint density at radius 3 is 2.64 bits per heavy atom. The second-order valence-corrected chi connectivity index (χ2v) is 13.8. The van der Waals surface area contributed by atoms with Gasteiger partial charge < -0.3 is 19.3 Å². The monoisotopic (exact) mass is 691 g/mol. The van der Waals surface area contributed by atoms with Crippen molar-refractivity contribution >= 4 is 57.3 Å². The number of amides is 1. The van der Waals surface area contributed by atoms with E-state index in [2.05, 4.69) is 17.1 Å².